The minimum Gasteiger partial charge on any atom is -0.246 e. The van der Waals surface area contributed by atoms with Gasteiger partial charge >= 0.3 is 0 Å². The number of rotatable bonds is 3. The maximum Gasteiger partial charge on any atom is 0.0973 e. The molecule has 0 aliphatic heterocycles. The highest BCUT2D eigenvalue weighted by molar-refractivity contribution is 6.08. The van der Waals surface area contributed by atoms with Gasteiger partial charge in [0.25, 0.3) is 0 Å². The molecule has 0 amide bonds. The van der Waals surface area contributed by atoms with Crippen LogP contribution in [0.1, 0.15) is 0 Å². The third-order valence-electron chi connectivity index (χ3n) is 7.64. The van der Waals surface area contributed by atoms with E-state index in [0.29, 0.717) is 0 Å². The van der Waals surface area contributed by atoms with Gasteiger partial charge in [-0.25, -0.2) is 15.0 Å². The Kier molecular flexibility index (Phi) is 5.14. The Bertz CT molecular complexity index is 2220. The van der Waals surface area contributed by atoms with E-state index in [1.807, 2.05) is 30.3 Å². The highest BCUT2D eigenvalue weighted by atomic mass is 14.8. The van der Waals surface area contributed by atoms with Gasteiger partial charge in [0.15, 0.2) is 0 Å². The number of hydrogen-bond acceptors (Lipinski definition) is 3. The van der Waals surface area contributed by atoms with E-state index in [1.54, 1.807) is 0 Å². The highest BCUT2D eigenvalue weighted by Gasteiger charge is 2.11. The van der Waals surface area contributed by atoms with Crippen LogP contribution in [0.15, 0.2) is 140 Å². The van der Waals surface area contributed by atoms with Gasteiger partial charge in [-0.05, 0) is 51.9 Å². The van der Waals surface area contributed by atoms with E-state index in [9.17, 15) is 0 Å². The molecule has 0 saturated heterocycles. The van der Waals surface area contributed by atoms with Crippen LogP contribution in [0, 0.1) is 0 Å². The van der Waals surface area contributed by atoms with Crippen LogP contribution in [0.5, 0.6) is 0 Å². The summed E-state index contributed by atoms with van der Waals surface area (Å²) < 4.78 is 0. The van der Waals surface area contributed by atoms with Gasteiger partial charge in [0.2, 0.25) is 0 Å². The molecule has 0 aliphatic carbocycles. The van der Waals surface area contributed by atoms with Crippen molar-refractivity contribution in [2.75, 3.05) is 0 Å². The van der Waals surface area contributed by atoms with Gasteiger partial charge in [0.05, 0.1) is 33.8 Å². The molecule has 0 unspecified atom stereocenters. The highest BCUT2D eigenvalue weighted by Crippen LogP contribution is 2.31. The van der Waals surface area contributed by atoms with E-state index < -0.39 is 0 Å². The molecular formula is C37H23N3. The van der Waals surface area contributed by atoms with Crippen molar-refractivity contribution in [2.24, 2.45) is 0 Å². The average molecular weight is 510 g/mol. The lowest BCUT2D eigenvalue weighted by Crippen LogP contribution is -1.93. The third-order valence-corrected chi connectivity index (χ3v) is 7.64. The maximum absolute atomic E-state index is 5.10. The molecule has 0 atom stereocenters. The van der Waals surface area contributed by atoms with Crippen molar-refractivity contribution in [3.8, 4) is 33.9 Å². The molecule has 0 N–H and O–H groups in total. The number of fused-ring (bicyclic) bond motifs is 6. The van der Waals surface area contributed by atoms with Crippen molar-refractivity contribution in [1.82, 2.24) is 15.0 Å². The Morgan fingerprint density at radius 1 is 0.300 bits per heavy atom. The zero-order valence-corrected chi connectivity index (χ0v) is 21.6. The minimum atomic E-state index is 0.834. The molecule has 0 fully saturated rings. The van der Waals surface area contributed by atoms with E-state index in [1.165, 1.54) is 21.5 Å². The van der Waals surface area contributed by atoms with Crippen LogP contribution in [0.2, 0.25) is 0 Å². The first-order valence-corrected chi connectivity index (χ1v) is 13.5. The molecular weight excluding hydrogens is 486 g/mol. The Morgan fingerprint density at radius 3 is 1.73 bits per heavy atom. The molecule has 5 aromatic carbocycles. The second-order valence-corrected chi connectivity index (χ2v) is 10.1. The Labute approximate surface area is 231 Å². The van der Waals surface area contributed by atoms with Crippen molar-refractivity contribution in [1.29, 1.82) is 0 Å². The van der Waals surface area contributed by atoms with Crippen molar-refractivity contribution in [3.63, 3.8) is 0 Å². The fourth-order valence-electron chi connectivity index (χ4n) is 5.59. The molecule has 0 saturated carbocycles. The first kappa shape index (κ1) is 22.6. The molecule has 3 aromatic heterocycles. The second kappa shape index (κ2) is 9.11. The number of hydrogen-bond donors (Lipinski definition) is 0. The molecule has 3 heteroatoms. The first-order valence-electron chi connectivity index (χ1n) is 13.5. The summed E-state index contributed by atoms with van der Waals surface area (Å²) >= 11 is 0. The number of aromatic nitrogens is 3. The molecule has 40 heavy (non-hydrogen) atoms. The van der Waals surface area contributed by atoms with Crippen LogP contribution in [-0.2, 0) is 0 Å². The Balaban J connectivity index is 1.23. The SMILES string of the molecule is c1ccc(-c2ccc3ccc4ccc(-c5cccc(-c6ccc7c(ccc8ccccc87)c6)n5)nc4c3n2)cc1. The number of nitrogens with zero attached hydrogens (tertiary/aromatic N) is 3. The molecule has 8 aromatic rings. The van der Waals surface area contributed by atoms with E-state index >= 15 is 0 Å². The fraction of sp³-hybridized carbons (Fsp3) is 0. The van der Waals surface area contributed by atoms with Crippen molar-refractivity contribution in [2.45, 2.75) is 0 Å². The number of benzene rings is 5. The lowest BCUT2D eigenvalue weighted by atomic mass is 9.99. The Morgan fingerprint density at radius 2 is 0.875 bits per heavy atom. The average Bonchev–Trinajstić information content (AvgIpc) is 3.04. The van der Waals surface area contributed by atoms with E-state index in [-0.39, 0.29) is 0 Å². The van der Waals surface area contributed by atoms with E-state index in [4.69, 9.17) is 15.0 Å². The zero-order valence-electron chi connectivity index (χ0n) is 21.6. The van der Waals surface area contributed by atoms with Crippen molar-refractivity contribution >= 4 is 43.4 Å². The third kappa shape index (κ3) is 3.79. The minimum absolute atomic E-state index is 0.834. The van der Waals surface area contributed by atoms with E-state index in [2.05, 4.69) is 109 Å². The van der Waals surface area contributed by atoms with Gasteiger partial charge < -0.3 is 0 Å². The number of pyridine rings is 3. The summed E-state index contributed by atoms with van der Waals surface area (Å²) in [6, 6.07) is 48.5. The van der Waals surface area contributed by atoms with E-state index in [0.717, 1.165) is 55.7 Å². The van der Waals surface area contributed by atoms with Gasteiger partial charge in [-0.1, -0.05) is 109 Å². The van der Waals surface area contributed by atoms with Crippen molar-refractivity contribution in [3.05, 3.63) is 140 Å². The molecule has 3 nitrogen and oxygen atoms in total. The molecule has 186 valence electrons. The quantitative estimate of drug-likeness (QED) is 0.223. The molecule has 8 rings (SSSR count). The lowest BCUT2D eigenvalue weighted by Gasteiger charge is -2.10. The predicted octanol–water partition coefficient (Wildman–Crippen LogP) is 9.49. The van der Waals surface area contributed by atoms with Crippen LogP contribution in [0.3, 0.4) is 0 Å². The van der Waals surface area contributed by atoms with Crippen LogP contribution in [0.4, 0.5) is 0 Å². The largest absolute Gasteiger partial charge is 0.246 e. The predicted molar refractivity (Wildman–Crippen MR) is 166 cm³/mol. The molecule has 0 bridgehead atoms. The second-order valence-electron chi connectivity index (χ2n) is 10.1. The summed E-state index contributed by atoms with van der Waals surface area (Å²) in [5, 5.41) is 7.12. The van der Waals surface area contributed by atoms with Gasteiger partial charge in [0.1, 0.15) is 0 Å². The van der Waals surface area contributed by atoms with Gasteiger partial charge in [-0.3, -0.25) is 0 Å². The molecule has 0 spiro atoms. The van der Waals surface area contributed by atoms with Crippen LogP contribution in [-0.4, -0.2) is 15.0 Å². The fourth-order valence-corrected chi connectivity index (χ4v) is 5.59. The summed E-state index contributed by atoms with van der Waals surface area (Å²) in [6.45, 7) is 0. The standard InChI is InChI=1S/C37H23N3/c1-2-8-25(9-3-1)33-21-18-26-14-15-27-19-22-35(40-37(27)36(26)39-33)34-12-6-11-32(38-34)29-17-20-31-28(23-29)16-13-24-7-4-5-10-30(24)31/h1-23H. The summed E-state index contributed by atoms with van der Waals surface area (Å²) in [5.41, 5.74) is 7.51. The molecule has 3 heterocycles. The summed E-state index contributed by atoms with van der Waals surface area (Å²) in [7, 11) is 0. The Hall–Kier alpha value is -5.41. The maximum atomic E-state index is 5.10. The van der Waals surface area contributed by atoms with Gasteiger partial charge in [-0.2, -0.15) is 0 Å². The summed E-state index contributed by atoms with van der Waals surface area (Å²) in [5.74, 6) is 0. The molecule has 0 radical (unpaired) electrons. The monoisotopic (exact) mass is 509 g/mol. The summed E-state index contributed by atoms with van der Waals surface area (Å²) in [4.78, 5) is 15.2. The van der Waals surface area contributed by atoms with Crippen LogP contribution >= 0.6 is 0 Å². The molecule has 0 aliphatic rings. The topological polar surface area (TPSA) is 38.7 Å². The summed E-state index contributed by atoms with van der Waals surface area (Å²) in [6.07, 6.45) is 0. The van der Waals surface area contributed by atoms with Crippen molar-refractivity contribution < 1.29 is 0 Å². The smallest absolute Gasteiger partial charge is 0.0973 e. The zero-order chi connectivity index (χ0) is 26.5. The van der Waals surface area contributed by atoms with Crippen LogP contribution in [0.25, 0.3) is 77.3 Å². The lowest BCUT2D eigenvalue weighted by molar-refractivity contribution is 1.28. The normalized spacial score (nSPS) is 11.5. The van der Waals surface area contributed by atoms with Crippen LogP contribution < -0.4 is 0 Å². The van der Waals surface area contributed by atoms with Gasteiger partial charge in [0, 0.05) is 21.9 Å². The van der Waals surface area contributed by atoms with Gasteiger partial charge in [-0.15, -0.1) is 0 Å². The first-order chi connectivity index (χ1) is 19.8.